The third-order valence-electron chi connectivity index (χ3n) is 3.69. The summed E-state index contributed by atoms with van der Waals surface area (Å²) in [6, 6.07) is 4.91. The highest BCUT2D eigenvalue weighted by atomic mass is 32.1. The fourth-order valence-electron chi connectivity index (χ4n) is 2.22. The van der Waals surface area contributed by atoms with Crippen LogP contribution in [0.4, 0.5) is 0 Å². The van der Waals surface area contributed by atoms with Crippen molar-refractivity contribution >= 4 is 17.3 Å². The van der Waals surface area contributed by atoms with Crippen LogP contribution < -0.4 is 4.74 Å². The van der Waals surface area contributed by atoms with Crippen LogP contribution in [0.2, 0.25) is 0 Å². The molecule has 2 heterocycles. The van der Waals surface area contributed by atoms with E-state index in [1.807, 2.05) is 6.92 Å². The first-order valence-electron chi connectivity index (χ1n) is 7.08. The lowest BCUT2D eigenvalue weighted by Crippen LogP contribution is -2.55. The zero-order chi connectivity index (χ0) is 16.4. The molecule has 1 aromatic heterocycles. The molecule has 6 nitrogen and oxygen atoms in total. The average molecular weight is 335 g/mol. The largest absolute Gasteiger partial charge is 0.490 e. The maximum Gasteiger partial charge on any atom is 0.335 e. The standard InChI is InChI=1S/C16H17NO5S/c1-10-6-17-14(23-10)11-3-12(15(18)19)5-13(4-11)22-9-16(20-2)7-21-8-16/h3-6H,7-9H2,1-2H3,(H,18,19). The van der Waals surface area contributed by atoms with E-state index in [-0.39, 0.29) is 5.56 Å². The van der Waals surface area contributed by atoms with Crippen LogP contribution in [0, 0.1) is 6.92 Å². The zero-order valence-corrected chi connectivity index (χ0v) is 13.7. The molecule has 0 amide bonds. The first-order chi connectivity index (χ1) is 11.0. The van der Waals surface area contributed by atoms with E-state index in [1.165, 1.54) is 17.4 Å². The maximum absolute atomic E-state index is 11.3. The number of thiazole rings is 1. The number of carboxylic acid groups (broad SMARTS) is 1. The van der Waals surface area contributed by atoms with Crippen molar-refractivity contribution < 1.29 is 24.1 Å². The summed E-state index contributed by atoms with van der Waals surface area (Å²) in [5, 5.41) is 10.1. The van der Waals surface area contributed by atoms with Gasteiger partial charge in [0, 0.05) is 23.7 Å². The monoisotopic (exact) mass is 335 g/mol. The average Bonchev–Trinajstić information content (AvgIpc) is 2.93. The number of aryl methyl sites for hydroxylation is 1. The molecular formula is C16H17NO5S. The molecule has 1 N–H and O–H groups in total. The van der Waals surface area contributed by atoms with Gasteiger partial charge >= 0.3 is 5.97 Å². The molecule has 0 unspecified atom stereocenters. The van der Waals surface area contributed by atoms with E-state index in [4.69, 9.17) is 14.2 Å². The first kappa shape index (κ1) is 15.9. The topological polar surface area (TPSA) is 77.9 Å². The van der Waals surface area contributed by atoms with Gasteiger partial charge in [0.05, 0.1) is 18.8 Å². The van der Waals surface area contributed by atoms with Crippen molar-refractivity contribution in [2.45, 2.75) is 12.5 Å². The Balaban J connectivity index is 1.87. The van der Waals surface area contributed by atoms with Gasteiger partial charge in [0.1, 0.15) is 23.0 Å². The summed E-state index contributed by atoms with van der Waals surface area (Å²) in [4.78, 5) is 16.7. The van der Waals surface area contributed by atoms with E-state index < -0.39 is 11.6 Å². The number of hydrogen-bond donors (Lipinski definition) is 1. The summed E-state index contributed by atoms with van der Waals surface area (Å²) >= 11 is 1.51. The number of carbonyl (C=O) groups is 1. The van der Waals surface area contributed by atoms with Gasteiger partial charge in [0.2, 0.25) is 0 Å². The first-order valence-corrected chi connectivity index (χ1v) is 7.90. The molecule has 0 atom stereocenters. The predicted octanol–water partition coefficient (Wildman–Crippen LogP) is 2.61. The Bertz CT molecular complexity index is 718. The van der Waals surface area contributed by atoms with E-state index in [0.717, 1.165) is 15.4 Å². The van der Waals surface area contributed by atoms with Gasteiger partial charge in [-0.15, -0.1) is 11.3 Å². The number of aromatic carboxylic acids is 1. The molecule has 1 aliphatic heterocycles. The van der Waals surface area contributed by atoms with Gasteiger partial charge in [-0.1, -0.05) is 0 Å². The second-order valence-corrected chi connectivity index (χ2v) is 6.73. The molecule has 2 aromatic rings. The molecule has 7 heteroatoms. The van der Waals surface area contributed by atoms with Gasteiger partial charge in [-0.05, 0) is 25.1 Å². The highest BCUT2D eigenvalue weighted by molar-refractivity contribution is 7.14. The molecular weight excluding hydrogens is 318 g/mol. The Kier molecular flexibility index (Phi) is 4.34. The Morgan fingerprint density at radius 1 is 1.43 bits per heavy atom. The summed E-state index contributed by atoms with van der Waals surface area (Å²) < 4.78 is 16.4. The second-order valence-electron chi connectivity index (χ2n) is 5.50. The van der Waals surface area contributed by atoms with E-state index in [9.17, 15) is 9.90 Å². The molecule has 0 saturated carbocycles. The second kappa shape index (κ2) is 6.27. The molecule has 1 fully saturated rings. The summed E-state index contributed by atoms with van der Waals surface area (Å²) in [6.45, 7) is 3.21. The van der Waals surface area contributed by atoms with Crippen LogP contribution in [0.25, 0.3) is 10.6 Å². The van der Waals surface area contributed by atoms with E-state index in [1.54, 1.807) is 25.4 Å². The number of aromatic nitrogens is 1. The van der Waals surface area contributed by atoms with Gasteiger partial charge in [-0.25, -0.2) is 9.78 Å². The van der Waals surface area contributed by atoms with Crippen LogP contribution in [0.15, 0.2) is 24.4 Å². The van der Waals surface area contributed by atoms with Gasteiger partial charge in [-0.2, -0.15) is 0 Å². The van der Waals surface area contributed by atoms with Crippen molar-refractivity contribution in [2.24, 2.45) is 0 Å². The third-order valence-corrected chi connectivity index (χ3v) is 4.65. The minimum absolute atomic E-state index is 0.168. The van der Waals surface area contributed by atoms with Crippen molar-refractivity contribution in [1.29, 1.82) is 0 Å². The minimum Gasteiger partial charge on any atom is -0.490 e. The predicted molar refractivity (Wildman–Crippen MR) is 85.3 cm³/mol. The van der Waals surface area contributed by atoms with Crippen molar-refractivity contribution in [3.63, 3.8) is 0 Å². The fourth-order valence-corrected chi connectivity index (χ4v) is 2.97. The fraction of sp³-hybridized carbons (Fsp3) is 0.375. The SMILES string of the molecule is COC1(COc2cc(C(=O)O)cc(-c3ncc(C)s3)c2)COC1. The Morgan fingerprint density at radius 2 is 2.22 bits per heavy atom. The van der Waals surface area contributed by atoms with E-state index >= 15 is 0 Å². The number of methoxy groups -OCH3 is 1. The van der Waals surface area contributed by atoms with Gasteiger partial charge in [0.25, 0.3) is 0 Å². The van der Waals surface area contributed by atoms with Crippen molar-refractivity contribution in [2.75, 3.05) is 26.9 Å². The third kappa shape index (κ3) is 3.36. The van der Waals surface area contributed by atoms with Gasteiger partial charge < -0.3 is 19.3 Å². The molecule has 23 heavy (non-hydrogen) atoms. The highest BCUT2D eigenvalue weighted by Crippen LogP contribution is 2.30. The van der Waals surface area contributed by atoms with Crippen LogP contribution in [-0.2, 0) is 9.47 Å². The number of benzene rings is 1. The summed E-state index contributed by atoms with van der Waals surface area (Å²) in [7, 11) is 1.61. The number of nitrogens with zero attached hydrogens (tertiary/aromatic N) is 1. The Labute approximate surface area is 137 Å². The molecule has 122 valence electrons. The lowest BCUT2D eigenvalue weighted by Gasteiger charge is -2.39. The van der Waals surface area contributed by atoms with Crippen molar-refractivity contribution in [3.8, 4) is 16.3 Å². The van der Waals surface area contributed by atoms with Crippen LogP contribution in [0.5, 0.6) is 5.75 Å². The lowest BCUT2D eigenvalue weighted by molar-refractivity contribution is -0.208. The van der Waals surface area contributed by atoms with Crippen molar-refractivity contribution in [1.82, 2.24) is 4.98 Å². The quantitative estimate of drug-likeness (QED) is 0.874. The maximum atomic E-state index is 11.3. The van der Waals surface area contributed by atoms with E-state index in [0.29, 0.717) is 25.6 Å². The Morgan fingerprint density at radius 3 is 2.74 bits per heavy atom. The summed E-state index contributed by atoms with van der Waals surface area (Å²) in [5.74, 6) is -0.519. The van der Waals surface area contributed by atoms with Crippen LogP contribution in [-0.4, -0.2) is 48.6 Å². The molecule has 0 radical (unpaired) electrons. The Hall–Kier alpha value is -1.96. The summed E-state index contributed by atoms with van der Waals surface area (Å²) in [5.41, 5.74) is 0.452. The molecule has 3 rings (SSSR count). The number of rotatable bonds is 6. The zero-order valence-electron chi connectivity index (χ0n) is 12.9. The van der Waals surface area contributed by atoms with Crippen molar-refractivity contribution in [3.05, 3.63) is 34.8 Å². The van der Waals surface area contributed by atoms with Gasteiger partial charge in [-0.3, -0.25) is 0 Å². The number of carboxylic acids is 1. The van der Waals surface area contributed by atoms with Crippen LogP contribution in [0.3, 0.4) is 0 Å². The molecule has 1 saturated heterocycles. The smallest absolute Gasteiger partial charge is 0.335 e. The van der Waals surface area contributed by atoms with Crippen LogP contribution >= 0.6 is 11.3 Å². The molecule has 1 aliphatic rings. The van der Waals surface area contributed by atoms with E-state index in [2.05, 4.69) is 4.98 Å². The minimum atomic E-state index is -1.00. The molecule has 0 aliphatic carbocycles. The molecule has 0 bridgehead atoms. The number of hydrogen-bond acceptors (Lipinski definition) is 6. The number of ether oxygens (including phenoxy) is 3. The summed E-state index contributed by atoms with van der Waals surface area (Å²) in [6.07, 6.45) is 1.76. The normalized spacial score (nSPS) is 15.9. The molecule has 0 spiro atoms. The van der Waals surface area contributed by atoms with Gasteiger partial charge in [0.15, 0.2) is 0 Å². The lowest BCUT2D eigenvalue weighted by atomic mass is 10.0. The molecule has 1 aromatic carbocycles. The van der Waals surface area contributed by atoms with Crippen LogP contribution in [0.1, 0.15) is 15.2 Å². The highest BCUT2D eigenvalue weighted by Gasteiger charge is 2.39.